The molecule has 4 rings (SSSR count). The Morgan fingerprint density at radius 2 is 2.00 bits per heavy atom. The van der Waals surface area contributed by atoms with Crippen LogP contribution in [0, 0.1) is 5.92 Å². The van der Waals surface area contributed by atoms with Crippen LogP contribution in [0.4, 0.5) is 17.5 Å². The molecular weight excluding hydrogens is 488 g/mol. The van der Waals surface area contributed by atoms with Crippen LogP contribution in [0.5, 0.6) is 5.75 Å². The van der Waals surface area contributed by atoms with Crippen molar-refractivity contribution in [2.24, 2.45) is 5.92 Å². The predicted octanol–water partition coefficient (Wildman–Crippen LogP) is 2.63. The van der Waals surface area contributed by atoms with Crippen molar-refractivity contribution < 1.29 is 19.4 Å². The van der Waals surface area contributed by atoms with Crippen LogP contribution in [0.15, 0.2) is 35.3 Å². The smallest absolute Gasteiger partial charge is 0.306 e. The van der Waals surface area contributed by atoms with Crippen molar-refractivity contribution in [1.82, 2.24) is 19.9 Å². The molecule has 0 atom stereocenters. The number of aliphatic carboxylic acids is 1. The summed E-state index contributed by atoms with van der Waals surface area (Å²) in [7, 11) is 1.50. The quantitative estimate of drug-likeness (QED) is 0.414. The second-order valence-electron chi connectivity index (χ2n) is 8.38. The highest BCUT2D eigenvalue weighted by atomic mass is 35.5. The lowest BCUT2D eigenvalue weighted by atomic mass is 9.97. The fourth-order valence-corrected chi connectivity index (χ4v) is 4.27. The number of piperidine rings is 1. The van der Waals surface area contributed by atoms with Crippen molar-refractivity contribution in [3.05, 3.63) is 45.8 Å². The van der Waals surface area contributed by atoms with Crippen LogP contribution >= 0.6 is 11.6 Å². The molecule has 36 heavy (non-hydrogen) atoms. The molecular formula is C24H27ClN6O5. The van der Waals surface area contributed by atoms with Crippen LogP contribution < -0.4 is 25.8 Å². The second kappa shape index (κ2) is 10.8. The number of benzene rings is 1. The summed E-state index contributed by atoms with van der Waals surface area (Å²) in [6.07, 6.45) is 2.56. The third kappa shape index (κ3) is 5.35. The number of hydrogen-bond acceptors (Lipinski definition) is 8. The Labute approximate surface area is 212 Å². The molecule has 0 aliphatic carbocycles. The molecule has 3 aromatic rings. The van der Waals surface area contributed by atoms with Gasteiger partial charge < -0.3 is 29.9 Å². The highest BCUT2D eigenvalue weighted by molar-refractivity contribution is 6.32. The molecule has 1 aromatic carbocycles. The van der Waals surface area contributed by atoms with Gasteiger partial charge in [-0.3, -0.25) is 14.4 Å². The minimum atomic E-state index is -0.777. The summed E-state index contributed by atoms with van der Waals surface area (Å²) in [6, 6.07) is 7.08. The van der Waals surface area contributed by atoms with Crippen LogP contribution in [0.25, 0.3) is 10.9 Å². The summed E-state index contributed by atoms with van der Waals surface area (Å²) < 4.78 is 7.05. The van der Waals surface area contributed by atoms with E-state index in [2.05, 4.69) is 20.6 Å². The van der Waals surface area contributed by atoms with Crippen LogP contribution in [-0.4, -0.2) is 58.3 Å². The Morgan fingerprint density at radius 1 is 1.25 bits per heavy atom. The molecule has 0 spiro atoms. The van der Waals surface area contributed by atoms with Crippen LogP contribution in [0.1, 0.15) is 19.8 Å². The third-order valence-corrected chi connectivity index (χ3v) is 6.41. The summed E-state index contributed by atoms with van der Waals surface area (Å²) in [5.74, 6) is -0.514. The second-order valence-corrected chi connectivity index (χ2v) is 8.79. The van der Waals surface area contributed by atoms with Gasteiger partial charge in [-0.25, -0.2) is 4.98 Å². The molecule has 2 aromatic heterocycles. The molecule has 12 heteroatoms. The van der Waals surface area contributed by atoms with E-state index in [0.717, 1.165) is 10.9 Å². The first-order chi connectivity index (χ1) is 17.3. The van der Waals surface area contributed by atoms with Crippen LogP contribution in [0.2, 0.25) is 5.02 Å². The van der Waals surface area contributed by atoms with Gasteiger partial charge in [-0.2, -0.15) is 4.98 Å². The van der Waals surface area contributed by atoms with E-state index in [1.807, 2.05) is 30.0 Å². The molecule has 1 aliphatic rings. The zero-order valence-corrected chi connectivity index (χ0v) is 20.7. The maximum absolute atomic E-state index is 12.8. The average Bonchev–Trinajstić information content (AvgIpc) is 2.88. The number of carbonyl (C=O) groups is 2. The van der Waals surface area contributed by atoms with E-state index in [9.17, 15) is 19.5 Å². The van der Waals surface area contributed by atoms with Gasteiger partial charge in [-0.05, 0) is 44.0 Å². The first kappa shape index (κ1) is 25.2. The van der Waals surface area contributed by atoms with E-state index < -0.39 is 5.97 Å². The monoisotopic (exact) mass is 514 g/mol. The number of halogens is 1. The zero-order valence-electron chi connectivity index (χ0n) is 20.0. The van der Waals surface area contributed by atoms with E-state index in [1.54, 1.807) is 10.6 Å². The van der Waals surface area contributed by atoms with Gasteiger partial charge in [0.2, 0.25) is 5.95 Å². The minimum Gasteiger partial charge on any atom is -0.481 e. The van der Waals surface area contributed by atoms with Crippen molar-refractivity contribution in [2.75, 3.05) is 37.0 Å². The number of ether oxygens (including phenoxy) is 1. The van der Waals surface area contributed by atoms with Gasteiger partial charge in [0, 0.05) is 37.8 Å². The maximum atomic E-state index is 12.8. The molecule has 1 aliphatic heterocycles. The van der Waals surface area contributed by atoms with Crippen LogP contribution in [0.3, 0.4) is 0 Å². The number of carboxylic acid groups (broad SMARTS) is 1. The lowest BCUT2D eigenvalue weighted by molar-refractivity contribution is -0.142. The zero-order chi connectivity index (χ0) is 25.8. The first-order valence-electron chi connectivity index (χ1n) is 11.6. The van der Waals surface area contributed by atoms with Gasteiger partial charge in [0.15, 0.2) is 18.2 Å². The number of fused-ring (bicyclic) bond motifs is 1. The maximum Gasteiger partial charge on any atom is 0.306 e. The van der Waals surface area contributed by atoms with Crippen molar-refractivity contribution in [1.29, 1.82) is 0 Å². The standard InChI is InChI=1S/C24H27ClN6O5/c1-3-31-18-5-4-16(10-15(18)11-19(22(31)33)36-13-20(32)26-2)28-21-17(25)12-27-24(29-21)30-8-6-14(7-9-30)23(34)35/h4-5,10-12,14H,3,6-9,13H2,1-2H3,(H,26,32)(H,34,35)(H,27,28,29). The molecule has 0 radical (unpaired) electrons. The van der Waals surface area contributed by atoms with E-state index in [0.29, 0.717) is 55.0 Å². The normalized spacial score (nSPS) is 14.0. The molecule has 1 amide bonds. The fraction of sp³-hybridized carbons (Fsp3) is 0.375. The van der Waals surface area contributed by atoms with E-state index in [4.69, 9.17) is 16.3 Å². The van der Waals surface area contributed by atoms with Gasteiger partial charge >= 0.3 is 5.97 Å². The summed E-state index contributed by atoms with van der Waals surface area (Å²) in [5.41, 5.74) is 1.08. The molecule has 3 heterocycles. The lowest BCUT2D eigenvalue weighted by Gasteiger charge is -2.30. The van der Waals surface area contributed by atoms with Crippen molar-refractivity contribution in [3.63, 3.8) is 0 Å². The molecule has 1 fully saturated rings. The minimum absolute atomic E-state index is 0.0808. The number of carboxylic acids is 1. The Balaban J connectivity index is 1.60. The van der Waals surface area contributed by atoms with Crippen molar-refractivity contribution >= 4 is 51.8 Å². The van der Waals surface area contributed by atoms with Crippen LogP contribution in [-0.2, 0) is 16.1 Å². The number of hydrogen-bond donors (Lipinski definition) is 3. The molecule has 0 bridgehead atoms. The number of pyridine rings is 1. The largest absolute Gasteiger partial charge is 0.481 e. The van der Waals surface area contributed by atoms with Gasteiger partial charge in [0.1, 0.15) is 5.02 Å². The predicted molar refractivity (Wildman–Crippen MR) is 136 cm³/mol. The number of likely N-dealkylation sites (N-methyl/N-ethyl adjacent to an activating group) is 1. The molecule has 3 N–H and O–H groups in total. The number of aromatic nitrogens is 3. The summed E-state index contributed by atoms with van der Waals surface area (Å²) in [5, 5.41) is 15.9. The average molecular weight is 515 g/mol. The Hall–Kier alpha value is -3.86. The Morgan fingerprint density at radius 3 is 2.67 bits per heavy atom. The molecule has 11 nitrogen and oxygen atoms in total. The molecule has 190 valence electrons. The number of nitrogens with one attached hydrogen (secondary N) is 2. The third-order valence-electron chi connectivity index (χ3n) is 6.14. The lowest BCUT2D eigenvalue weighted by Crippen LogP contribution is -2.37. The van der Waals surface area contributed by atoms with E-state index in [1.165, 1.54) is 13.2 Å². The Bertz CT molecular complexity index is 1350. The summed E-state index contributed by atoms with van der Waals surface area (Å²) in [4.78, 5) is 46.4. The fourth-order valence-electron chi connectivity index (χ4n) is 4.13. The highest BCUT2D eigenvalue weighted by Crippen LogP contribution is 2.29. The summed E-state index contributed by atoms with van der Waals surface area (Å²) >= 11 is 6.36. The topological polar surface area (TPSA) is 139 Å². The van der Waals surface area contributed by atoms with Gasteiger partial charge in [-0.15, -0.1) is 0 Å². The molecule has 1 saturated heterocycles. The number of aryl methyl sites for hydroxylation is 1. The van der Waals surface area contributed by atoms with Gasteiger partial charge in [0.05, 0.1) is 17.6 Å². The SMILES string of the molecule is CCn1c(=O)c(OCC(=O)NC)cc2cc(Nc3nc(N4CCC(C(=O)O)CC4)ncc3Cl)ccc21. The first-order valence-corrected chi connectivity index (χ1v) is 12.0. The molecule has 0 saturated carbocycles. The number of rotatable bonds is 8. The Kier molecular flexibility index (Phi) is 7.58. The van der Waals surface area contributed by atoms with Crippen molar-refractivity contribution in [3.8, 4) is 5.75 Å². The van der Waals surface area contributed by atoms with E-state index in [-0.39, 0.29) is 29.7 Å². The van der Waals surface area contributed by atoms with Crippen molar-refractivity contribution in [2.45, 2.75) is 26.3 Å². The van der Waals surface area contributed by atoms with E-state index >= 15 is 0 Å². The number of nitrogens with zero attached hydrogens (tertiary/aromatic N) is 4. The number of carbonyl (C=O) groups excluding carboxylic acids is 1. The van der Waals surface area contributed by atoms with Gasteiger partial charge in [0.25, 0.3) is 11.5 Å². The van der Waals surface area contributed by atoms with Gasteiger partial charge in [-0.1, -0.05) is 11.6 Å². The number of anilines is 3. The highest BCUT2D eigenvalue weighted by Gasteiger charge is 2.26. The number of amides is 1. The molecule has 0 unspecified atom stereocenters. The summed E-state index contributed by atoms with van der Waals surface area (Å²) in [6.45, 7) is 3.11.